The molecule has 0 aliphatic heterocycles. The van der Waals surface area contributed by atoms with E-state index >= 15 is 0 Å². The van der Waals surface area contributed by atoms with Crippen LogP contribution in [-0.4, -0.2) is 22.6 Å². The predicted octanol–water partition coefficient (Wildman–Crippen LogP) is 4.20. The van der Waals surface area contributed by atoms with Crippen molar-refractivity contribution in [2.24, 2.45) is 0 Å². The third-order valence-electron chi connectivity index (χ3n) is 4.02. The van der Waals surface area contributed by atoms with Crippen LogP contribution in [0.4, 0.5) is 5.69 Å². The third-order valence-corrected chi connectivity index (χ3v) is 4.23. The quantitative estimate of drug-likeness (QED) is 0.617. The van der Waals surface area contributed by atoms with Gasteiger partial charge in [0.15, 0.2) is 5.11 Å². The van der Waals surface area contributed by atoms with Crippen molar-refractivity contribution in [1.29, 1.82) is 0 Å². The van der Waals surface area contributed by atoms with Crippen molar-refractivity contribution in [2.45, 2.75) is 13.3 Å². The fraction of sp³-hybridized carbons (Fsp3) is 0.136. The second-order valence-corrected chi connectivity index (χ2v) is 6.50. The highest BCUT2D eigenvalue weighted by Gasteiger charge is 2.08. The third kappa shape index (κ3) is 5.62. The van der Waals surface area contributed by atoms with Crippen LogP contribution in [0.2, 0.25) is 0 Å². The molecule has 0 aliphatic rings. The largest absolute Gasteiger partial charge is 0.494 e. The smallest absolute Gasteiger partial charge is 0.257 e. The molecule has 1 amide bonds. The molecule has 3 rings (SSSR count). The van der Waals surface area contributed by atoms with Crippen LogP contribution < -0.4 is 15.4 Å². The standard InChI is InChI=1S/C22H21N3O2S/c1-2-27-20-9-5-18(6-10-20)21(26)25-22(28)24-19-7-3-16(4-8-19)15-17-11-13-23-14-12-17/h3-14H,2,15H2,1H3,(H2,24,25,26,28). The molecular weight excluding hydrogens is 370 g/mol. The molecule has 0 saturated carbocycles. The molecule has 0 bridgehead atoms. The molecule has 2 aromatic carbocycles. The molecule has 0 aliphatic carbocycles. The average Bonchev–Trinajstić information content (AvgIpc) is 2.71. The summed E-state index contributed by atoms with van der Waals surface area (Å²) in [5, 5.41) is 5.97. The van der Waals surface area contributed by atoms with E-state index < -0.39 is 0 Å². The Bertz CT molecular complexity index is 926. The number of hydrogen-bond acceptors (Lipinski definition) is 4. The van der Waals surface area contributed by atoms with Crippen LogP contribution in [0.15, 0.2) is 73.1 Å². The number of hydrogen-bond donors (Lipinski definition) is 2. The molecule has 1 heterocycles. The minimum absolute atomic E-state index is 0.251. The average molecular weight is 391 g/mol. The maximum atomic E-state index is 12.3. The molecule has 3 aromatic rings. The zero-order valence-electron chi connectivity index (χ0n) is 15.5. The molecule has 142 valence electrons. The molecule has 2 N–H and O–H groups in total. The zero-order valence-corrected chi connectivity index (χ0v) is 16.3. The van der Waals surface area contributed by atoms with Gasteiger partial charge in [-0.05, 0) is 85.2 Å². The summed E-state index contributed by atoms with van der Waals surface area (Å²) in [7, 11) is 0. The number of carbonyl (C=O) groups is 1. The Morgan fingerprint density at radius 2 is 1.61 bits per heavy atom. The molecule has 0 radical (unpaired) electrons. The maximum absolute atomic E-state index is 12.3. The van der Waals surface area contributed by atoms with Crippen LogP contribution in [0.3, 0.4) is 0 Å². The van der Waals surface area contributed by atoms with E-state index in [-0.39, 0.29) is 11.0 Å². The van der Waals surface area contributed by atoms with Crippen LogP contribution in [-0.2, 0) is 6.42 Å². The molecule has 0 fully saturated rings. The number of nitrogens with zero attached hydrogens (tertiary/aromatic N) is 1. The molecule has 28 heavy (non-hydrogen) atoms. The van der Waals surface area contributed by atoms with Crippen molar-refractivity contribution >= 4 is 28.9 Å². The van der Waals surface area contributed by atoms with Crippen LogP contribution in [0.5, 0.6) is 5.75 Å². The highest BCUT2D eigenvalue weighted by Crippen LogP contribution is 2.14. The first-order chi connectivity index (χ1) is 13.6. The fourth-order valence-electron chi connectivity index (χ4n) is 2.65. The van der Waals surface area contributed by atoms with Crippen molar-refractivity contribution in [1.82, 2.24) is 10.3 Å². The summed E-state index contributed by atoms with van der Waals surface area (Å²) < 4.78 is 5.37. The lowest BCUT2D eigenvalue weighted by Gasteiger charge is -2.11. The number of anilines is 1. The number of pyridine rings is 1. The molecular formula is C22H21N3O2S. The van der Waals surface area contributed by atoms with Crippen molar-refractivity contribution in [3.63, 3.8) is 0 Å². The molecule has 6 heteroatoms. The highest BCUT2D eigenvalue weighted by molar-refractivity contribution is 7.80. The number of ether oxygens (including phenoxy) is 1. The van der Waals surface area contributed by atoms with Gasteiger partial charge in [0.05, 0.1) is 6.61 Å². The van der Waals surface area contributed by atoms with E-state index in [0.717, 1.165) is 17.9 Å². The SMILES string of the molecule is CCOc1ccc(C(=O)NC(=S)Nc2ccc(Cc3ccncc3)cc2)cc1. The Kier molecular flexibility index (Phi) is 6.70. The Balaban J connectivity index is 1.53. The van der Waals surface area contributed by atoms with Crippen molar-refractivity contribution in [2.75, 3.05) is 11.9 Å². The number of thiocarbonyl (C=S) groups is 1. The monoisotopic (exact) mass is 391 g/mol. The normalized spacial score (nSPS) is 10.2. The lowest BCUT2D eigenvalue weighted by atomic mass is 10.1. The number of aromatic nitrogens is 1. The summed E-state index contributed by atoms with van der Waals surface area (Å²) in [5.74, 6) is 0.460. The van der Waals surface area contributed by atoms with Crippen molar-refractivity contribution in [3.05, 3.63) is 89.7 Å². The van der Waals surface area contributed by atoms with Crippen molar-refractivity contribution < 1.29 is 9.53 Å². The predicted molar refractivity (Wildman–Crippen MR) is 115 cm³/mol. The molecule has 0 unspecified atom stereocenters. The number of carbonyl (C=O) groups excluding carboxylic acids is 1. The number of amides is 1. The molecule has 0 spiro atoms. The van der Waals surface area contributed by atoms with E-state index in [2.05, 4.69) is 15.6 Å². The van der Waals surface area contributed by atoms with Gasteiger partial charge in [-0.25, -0.2) is 0 Å². The van der Waals surface area contributed by atoms with E-state index in [1.165, 1.54) is 11.1 Å². The number of nitrogens with one attached hydrogen (secondary N) is 2. The van der Waals surface area contributed by atoms with Crippen LogP contribution in [0.1, 0.15) is 28.4 Å². The highest BCUT2D eigenvalue weighted by atomic mass is 32.1. The summed E-state index contributed by atoms with van der Waals surface area (Å²) in [6.07, 6.45) is 4.41. The van der Waals surface area contributed by atoms with Gasteiger partial charge in [0.25, 0.3) is 5.91 Å². The number of benzene rings is 2. The number of rotatable bonds is 6. The molecule has 5 nitrogen and oxygen atoms in total. The lowest BCUT2D eigenvalue weighted by molar-refractivity contribution is 0.0977. The Hall–Kier alpha value is -3.25. The first kappa shape index (κ1) is 19.5. The van der Waals surface area contributed by atoms with Crippen molar-refractivity contribution in [3.8, 4) is 5.75 Å². The first-order valence-electron chi connectivity index (χ1n) is 8.97. The van der Waals surface area contributed by atoms with Gasteiger partial charge in [0, 0.05) is 23.6 Å². The first-order valence-corrected chi connectivity index (χ1v) is 9.38. The van der Waals surface area contributed by atoms with Gasteiger partial charge in [-0.1, -0.05) is 12.1 Å². The minimum Gasteiger partial charge on any atom is -0.494 e. The molecule has 0 saturated heterocycles. The maximum Gasteiger partial charge on any atom is 0.257 e. The van der Waals surface area contributed by atoms with Gasteiger partial charge in [-0.2, -0.15) is 0 Å². The Morgan fingerprint density at radius 3 is 2.25 bits per heavy atom. The summed E-state index contributed by atoms with van der Waals surface area (Å²) in [6, 6.07) is 18.9. The fourth-order valence-corrected chi connectivity index (χ4v) is 2.86. The summed E-state index contributed by atoms with van der Waals surface area (Å²) in [4.78, 5) is 16.3. The molecule has 1 aromatic heterocycles. The zero-order chi connectivity index (χ0) is 19.8. The Labute approximate surface area is 169 Å². The van der Waals surface area contributed by atoms with E-state index in [4.69, 9.17) is 17.0 Å². The van der Waals surface area contributed by atoms with E-state index in [1.807, 2.05) is 43.3 Å². The minimum atomic E-state index is -0.269. The summed E-state index contributed by atoms with van der Waals surface area (Å²) in [5.41, 5.74) is 3.71. The summed E-state index contributed by atoms with van der Waals surface area (Å²) >= 11 is 5.24. The second kappa shape index (κ2) is 9.62. The van der Waals surface area contributed by atoms with Crippen LogP contribution in [0, 0.1) is 0 Å². The topological polar surface area (TPSA) is 63.2 Å². The van der Waals surface area contributed by atoms with Crippen LogP contribution >= 0.6 is 12.2 Å². The lowest BCUT2D eigenvalue weighted by Crippen LogP contribution is -2.34. The molecule has 0 atom stereocenters. The van der Waals surface area contributed by atoms with Gasteiger partial charge < -0.3 is 10.1 Å². The Morgan fingerprint density at radius 1 is 0.964 bits per heavy atom. The van der Waals surface area contributed by atoms with Gasteiger partial charge in [0.1, 0.15) is 5.75 Å². The second-order valence-electron chi connectivity index (χ2n) is 6.09. The summed E-state index contributed by atoms with van der Waals surface area (Å²) in [6.45, 7) is 2.50. The van der Waals surface area contributed by atoms with E-state index in [9.17, 15) is 4.79 Å². The van der Waals surface area contributed by atoms with Gasteiger partial charge in [0.2, 0.25) is 0 Å². The van der Waals surface area contributed by atoms with Gasteiger partial charge in [-0.15, -0.1) is 0 Å². The van der Waals surface area contributed by atoms with E-state index in [1.54, 1.807) is 36.7 Å². The van der Waals surface area contributed by atoms with E-state index in [0.29, 0.717) is 12.2 Å². The van der Waals surface area contributed by atoms with Gasteiger partial charge in [-0.3, -0.25) is 15.1 Å². The van der Waals surface area contributed by atoms with Gasteiger partial charge >= 0.3 is 0 Å². The van der Waals surface area contributed by atoms with Crippen LogP contribution in [0.25, 0.3) is 0 Å².